The number of carbonyl (C=O) groups is 1. The van der Waals surface area contributed by atoms with E-state index in [1.54, 1.807) is 43.3 Å². The number of nitrogens with two attached hydrogens (primary N) is 1. The number of amides is 1. The van der Waals surface area contributed by atoms with E-state index in [1.165, 1.54) is 0 Å². The van der Waals surface area contributed by atoms with Gasteiger partial charge in [-0.25, -0.2) is 5.43 Å². The van der Waals surface area contributed by atoms with Gasteiger partial charge in [-0.05, 0) is 30.2 Å². The molecule has 0 spiro atoms. The van der Waals surface area contributed by atoms with E-state index in [0.29, 0.717) is 17.0 Å². The topological polar surface area (TPSA) is 87.7 Å². The van der Waals surface area contributed by atoms with Gasteiger partial charge in [-0.2, -0.15) is 5.10 Å². The predicted octanol–water partition coefficient (Wildman–Crippen LogP) is 1.84. The molecular formula is C16H17N3O2. The van der Waals surface area contributed by atoms with Gasteiger partial charge < -0.3 is 10.8 Å². The van der Waals surface area contributed by atoms with Crippen LogP contribution in [0, 0.1) is 0 Å². The van der Waals surface area contributed by atoms with Crippen LogP contribution in [0.3, 0.4) is 0 Å². The summed E-state index contributed by atoms with van der Waals surface area (Å²) in [6.07, 6.45) is -1.25. The van der Waals surface area contributed by atoms with Crippen molar-refractivity contribution in [1.29, 1.82) is 0 Å². The van der Waals surface area contributed by atoms with Crippen LogP contribution < -0.4 is 11.2 Å². The van der Waals surface area contributed by atoms with Crippen molar-refractivity contribution in [3.05, 3.63) is 65.7 Å². The predicted molar refractivity (Wildman–Crippen MR) is 82.6 cm³/mol. The number of hydrogen-bond donors (Lipinski definition) is 3. The highest BCUT2D eigenvalue weighted by Crippen LogP contribution is 2.12. The number of rotatable bonds is 4. The molecule has 2 rings (SSSR count). The van der Waals surface area contributed by atoms with E-state index in [1.807, 2.05) is 18.2 Å². The maximum Gasteiger partial charge on any atom is 0.273 e. The molecule has 0 fully saturated rings. The Morgan fingerprint density at radius 1 is 1.19 bits per heavy atom. The Kier molecular flexibility index (Phi) is 4.68. The zero-order chi connectivity index (χ0) is 15.2. The summed E-state index contributed by atoms with van der Waals surface area (Å²) >= 11 is 0. The Hall–Kier alpha value is -2.66. The first-order valence-electron chi connectivity index (χ1n) is 6.51. The van der Waals surface area contributed by atoms with Gasteiger partial charge in [-0.15, -0.1) is 0 Å². The number of carbonyl (C=O) groups excluding carboxylic acids is 1. The van der Waals surface area contributed by atoms with Gasteiger partial charge in [0.25, 0.3) is 5.91 Å². The first-order valence-corrected chi connectivity index (χ1v) is 6.51. The molecular weight excluding hydrogens is 266 g/mol. The molecule has 0 saturated carbocycles. The molecule has 0 aliphatic carbocycles. The van der Waals surface area contributed by atoms with Crippen LogP contribution in [0.15, 0.2) is 59.7 Å². The van der Waals surface area contributed by atoms with E-state index in [9.17, 15) is 9.90 Å². The molecule has 0 saturated heterocycles. The van der Waals surface area contributed by atoms with Crippen molar-refractivity contribution in [3.8, 4) is 0 Å². The zero-order valence-corrected chi connectivity index (χ0v) is 11.7. The Morgan fingerprint density at radius 3 is 2.57 bits per heavy atom. The van der Waals surface area contributed by atoms with Crippen molar-refractivity contribution in [2.24, 2.45) is 5.10 Å². The SMILES string of the molecule is CC(=NNC(=O)C(O)c1ccccc1)c1cccc(N)c1. The first kappa shape index (κ1) is 14.7. The fourth-order valence-corrected chi connectivity index (χ4v) is 1.82. The molecule has 0 aliphatic heterocycles. The van der Waals surface area contributed by atoms with Gasteiger partial charge in [-0.1, -0.05) is 42.5 Å². The third kappa shape index (κ3) is 3.90. The molecule has 1 unspecified atom stereocenters. The van der Waals surface area contributed by atoms with Gasteiger partial charge in [0.2, 0.25) is 0 Å². The minimum absolute atomic E-state index is 0.520. The van der Waals surface area contributed by atoms with Gasteiger partial charge in [0.15, 0.2) is 6.10 Å². The fraction of sp³-hybridized carbons (Fsp3) is 0.125. The minimum atomic E-state index is -1.25. The monoisotopic (exact) mass is 283 g/mol. The normalized spacial score (nSPS) is 12.8. The highest BCUT2D eigenvalue weighted by atomic mass is 16.3. The Bertz CT molecular complexity index is 654. The highest BCUT2D eigenvalue weighted by molar-refractivity contribution is 6.00. The van der Waals surface area contributed by atoms with Gasteiger partial charge >= 0.3 is 0 Å². The molecule has 4 N–H and O–H groups in total. The van der Waals surface area contributed by atoms with Gasteiger partial charge in [0.05, 0.1) is 5.71 Å². The molecule has 0 aliphatic rings. The van der Waals surface area contributed by atoms with Crippen molar-refractivity contribution in [2.45, 2.75) is 13.0 Å². The maximum atomic E-state index is 11.9. The van der Waals surface area contributed by atoms with Crippen LogP contribution in [0.25, 0.3) is 0 Å². The van der Waals surface area contributed by atoms with Crippen molar-refractivity contribution in [2.75, 3.05) is 5.73 Å². The lowest BCUT2D eigenvalue weighted by molar-refractivity contribution is -0.129. The molecule has 0 bridgehead atoms. The summed E-state index contributed by atoms with van der Waals surface area (Å²) in [6.45, 7) is 1.75. The minimum Gasteiger partial charge on any atom is -0.399 e. The molecule has 21 heavy (non-hydrogen) atoms. The summed E-state index contributed by atoms with van der Waals surface area (Å²) in [4.78, 5) is 11.9. The number of anilines is 1. The molecule has 1 atom stereocenters. The second-order valence-electron chi connectivity index (χ2n) is 4.61. The van der Waals surface area contributed by atoms with Crippen molar-refractivity contribution >= 4 is 17.3 Å². The van der Waals surface area contributed by atoms with Gasteiger partial charge in [0.1, 0.15) is 0 Å². The Balaban J connectivity index is 2.05. The number of hydrogen-bond acceptors (Lipinski definition) is 4. The van der Waals surface area contributed by atoms with Crippen LogP contribution in [0.5, 0.6) is 0 Å². The fourth-order valence-electron chi connectivity index (χ4n) is 1.82. The molecule has 5 nitrogen and oxygen atoms in total. The van der Waals surface area contributed by atoms with E-state index in [-0.39, 0.29) is 0 Å². The number of aliphatic hydroxyl groups is 1. The van der Waals surface area contributed by atoms with Gasteiger partial charge in [-0.3, -0.25) is 4.79 Å². The van der Waals surface area contributed by atoms with Crippen molar-refractivity contribution in [1.82, 2.24) is 5.43 Å². The van der Waals surface area contributed by atoms with Crippen LogP contribution in [-0.2, 0) is 4.79 Å². The number of nitrogens with one attached hydrogen (secondary N) is 1. The van der Waals surface area contributed by atoms with Crippen LogP contribution in [0.1, 0.15) is 24.2 Å². The molecule has 5 heteroatoms. The summed E-state index contributed by atoms with van der Waals surface area (Å²) < 4.78 is 0. The molecule has 108 valence electrons. The van der Waals surface area contributed by atoms with E-state index in [2.05, 4.69) is 10.5 Å². The van der Waals surface area contributed by atoms with Crippen LogP contribution >= 0.6 is 0 Å². The van der Waals surface area contributed by atoms with Crippen molar-refractivity contribution in [3.63, 3.8) is 0 Å². The largest absolute Gasteiger partial charge is 0.399 e. The Morgan fingerprint density at radius 2 is 1.90 bits per heavy atom. The molecule has 1 amide bonds. The maximum absolute atomic E-state index is 11.9. The summed E-state index contributed by atoms with van der Waals surface area (Å²) in [7, 11) is 0. The van der Waals surface area contributed by atoms with E-state index in [4.69, 9.17) is 5.73 Å². The lowest BCUT2D eigenvalue weighted by atomic mass is 10.1. The smallest absolute Gasteiger partial charge is 0.273 e. The third-order valence-electron chi connectivity index (χ3n) is 3.00. The quantitative estimate of drug-likeness (QED) is 0.454. The molecule has 2 aromatic carbocycles. The number of nitrogens with zero attached hydrogens (tertiary/aromatic N) is 1. The van der Waals surface area contributed by atoms with Crippen LogP contribution in [-0.4, -0.2) is 16.7 Å². The first-order chi connectivity index (χ1) is 10.1. The average molecular weight is 283 g/mol. The summed E-state index contributed by atoms with van der Waals surface area (Å²) in [5, 5.41) is 13.9. The standard InChI is InChI=1S/C16H17N3O2/c1-11(13-8-5-9-14(17)10-13)18-19-16(21)15(20)12-6-3-2-4-7-12/h2-10,15,20H,17H2,1H3,(H,19,21). The van der Waals surface area contributed by atoms with Crippen LogP contribution in [0.4, 0.5) is 5.69 Å². The lowest BCUT2D eigenvalue weighted by Crippen LogP contribution is -2.26. The molecule has 0 heterocycles. The van der Waals surface area contributed by atoms with Crippen molar-refractivity contribution < 1.29 is 9.90 Å². The Labute approximate surface area is 123 Å². The molecule has 2 aromatic rings. The highest BCUT2D eigenvalue weighted by Gasteiger charge is 2.16. The lowest BCUT2D eigenvalue weighted by Gasteiger charge is -2.09. The van der Waals surface area contributed by atoms with Gasteiger partial charge in [0, 0.05) is 5.69 Å². The molecule has 0 radical (unpaired) electrons. The zero-order valence-electron chi connectivity index (χ0n) is 11.7. The van der Waals surface area contributed by atoms with E-state index in [0.717, 1.165) is 5.56 Å². The van der Waals surface area contributed by atoms with E-state index >= 15 is 0 Å². The number of benzene rings is 2. The number of hydrazone groups is 1. The molecule has 0 aromatic heterocycles. The summed E-state index contributed by atoms with van der Waals surface area (Å²) in [6, 6.07) is 15.9. The average Bonchev–Trinajstić information content (AvgIpc) is 2.52. The second-order valence-corrected chi connectivity index (χ2v) is 4.61. The second kappa shape index (κ2) is 6.67. The van der Waals surface area contributed by atoms with E-state index < -0.39 is 12.0 Å². The third-order valence-corrected chi connectivity index (χ3v) is 3.00. The summed E-state index contributed by atoms with van der Waals surface area (Å²) in [5.41, 5.74) is 10.6. The number of aliphatic hydroxyl groups excluding tert-OH is 1. The van der Waals surface area contributed by atoms with Crippen LogP contribution in [0.2, 0.25) is 0 Å². The number of nitrogen functional groups attached to an aromatic ring is 1. The summed E-state index contributed by atoms with van der Waals surface area (Å²) in [5.74, 6) is -0.579.